The summed E-state index contributed by atoms with van der Waals surface area (Å²) >= 11 is 3.38. The molecule has 1 saturated heterocycles. The predicted octanol–water partition coefficient (Wildman–Crippen LogP) is 2.30. The summed E-state index contributed by atoms with van der Waals surface area (Å²) in [6.45, 7) is 1.65. The minimum Gasteiger partial charge on any atom is -0.337 e. The van der Waals surface area contributed by atoms with Gasteiger partial charge >= 0.3 is 0 Å². The second-order valence-corrected chi connectivity index (χ2v) is 4.95. The fourth-order valence-corrected chi connectivity index (χ4v) is 2.38. The average Bonchev–Trinajstić information content (AvgIpc) is 2.76. The van der Waals surface area contributed by atoms with E-state index >= 15 is 0 Å². The lowest BCUT2D eigenvalue weighted by Crippen LogP contribution is -2.33. The summed E-state index contributed by atoms with van der Waals surface area (Å²) in [6.07, 6.45) is 1.04. The second kappa shape index (κ2) is 6.38. The molecule has 0 spiro atoms. The molecule has 1 N–H and O–H groups in total. The number of carbonyl (C=O) groups excluding carboxylic acids is 1. The first-order valence-corrected chi connectivity index (χ1v) is 6.22. The largest absolute Gasteiger partial charge is 0.337 e. The van der Waals surface area contributed by atoms with E-state index in [0.717, 1.165) is 29.5 Å². The Morgan fingerprint density at radius 2 is 2.29 bits per heavy atom. The molecule has 1 aliphatic heterocycles. The first-order chi connectivity index (χ1) is 7.70. The van der Waals surface area contributed by atoms with Gasteiger partial charge < -0.3 is 10.2 Å². The topological polar surface area (TPSA) is 32.3 Å². The fourth-order valence-electron chi connectivity index (χ4n) is 1.98. The lowest BCUT2D eigenvalue weighted by atomic mass is 10.2. The summed E-state index contributed by atoms with van der Waals surface area (Å²) in [6, 6.07) is 7.99. The van der Waals surface area contributed by atoms with Crippen molar-refractivity contribution < 1.29 is 4.79 Å². The standard InChI is InChI=1S/C12H15BrN2O.ClH/c1-14-11-5-6-15(8-11)12(16)9-3-2-4-10(13)7-9;/h2-4,7,11,14H,5-6,8H2,1H3;1H. The van der Waals surface area contributed by atoms with Gasteiger partial charge in [0.2, 0.25) is 0 Å². The van der Waals surface area contributed by atoms with E-state index in [4.69, 9.17) is 0 Å². The van der Waals surface area contributed by atoms with Gasteiger partial charge in [0.1, 0.15) is 0 Å². The third kappa shape index (κ3) is 3.44. The third-order valence-electron chi connectivity index (χ3n) is 2.96. The number of hydrogen-bond acceptors (Lipinski definition) is 2. The maximum Gasteiger partial charge on any atom is 0.253 e. The molecule has 17 heavy (non-hydrogen) atoms. The molecule has 0 saturated carbocycles. The van der Waals surface area contributed by atoms with Crippen molar-refractivity contribution in [3.63, 3.8) is 0 Å². The summed E-state index contributed by atoms with van der Waals surface area (Å²) in [5, 5.41) is 3.21. The summed E-state index contributed by atoms with van der Waals surface area (Å²) in [5.74, 6) is 0.124. The Labute approximate surface area is 116 Å². The molecular weight excluding hydrogens is 304 g/mol. The molecule has 3 nitrogen and oxygen atoms in total. The number of halogens is 2. The van der Waals surface area contributed by atoms with Gasteiger partial charge in [0, 0.05) is 29.2 Å². The van der Waals surface area contributed by atoms with Crippen LogP contribution in [0.5, 0.6) is 0 Å². The Bertz CT molecular complexity index is 400. The molecule has 0 aliphatic carbocycles. The molecular formula is C12H16BrClN2O. The van der Waals surface area contributed by atoms with Gasteiger partial charge in [0.05, 0.1) is 0 Å². The maximum atomic E-state index is 12.1. The molecule has 1 aliphatic rings. The van der Waals surface area contributed by atoms with Crippen LogP contribution in [0.1, 0.15) is 16.8 Å². The van der Waals surface area contributed by atoms with Gasteiger partial charge in [-0.2, -0.15) is 0 Å². The molecule has 1 aromatic carbocycles. The molecule has 94 valence electrons. The molecule has 2 rings (SSSR count). The monoisotopic (exact) mass is 318 g/mol. The number of benzene rings is 1. The first kappa shape index (κ1) is 14.5. The molecule has 1 unspecified atom stereocenters. The molecule has 1 fully saturated rings. The van der Waals surface area contributed by atoms with E-state index in [1.54, 1.807) is 0 Å². The minimum atomic E-state index is 0. The minimum absolute atomic E-state index is 0. The Hall–Kier alpha value is -0.580. The normalized spacial score (nSPS) is 18.9. The van der Waals surface area contributed by atoms with Gasteiger partial charge in [-0.05, 0) is 31.7 Å². The van der Waals surface area contributed by atoms with Gasteiger partial charge in [0.15, 0.2) is 0 Å². The van der Waals surface area contributed by atoms with Crippen molar-refractivity contribution in [3.8, 4) is 0 Å². The van der Waals surface area contributed by atoms with E-state index in [-0.39, 0.29) is 18.3 Å². The van der Waals surface area contributed by atoms with Crippen molar-refractivity contribution in [1.82, 2.24) is 10.2 Å². The highest BCUT2D eigenvalue weighted by Gasteiger charge is 2.25. The van der Waals surface area contributed by atoms with E-state index in [0.29, 0.717) is 6.04 Å². The number of likely N-dealkylation sites (N-methyl/N-ethyl adjacent to an activating group) is 1. The Morgan fingerprint density at radius 3 is 2.88 bits per heavy atom. The van der Waals surface area contributed by atoms with Crippen LogP contribution < -0.4 is 5.32 Å². The quantitative estimate of drug-likeness (QED) is 0.907. The second-order valence-electron chi connectivity index (χ2n) is 4.04. The Balaban J connectivity index is 0.00000144. The van der Waals surface area contributed by atoms with Gasteiger partial charge in [-0.1, -0.05) is 22.0 Å². The van der Waals surface area contributed by atoms with Gasteiger partial charge in [-0.25, -0.2) is 0 Å². The van der Waals surface area contributed by atoms with E-state index in [2.05, 4.69) is 21.2 Å². The smallest absolute Gasteiger partial charge is 0.253 e. The number of amides is 1. The molecule has 1 aromatic rings. The van der Waals surface area contributed by atoms with E-state index in [9.17, 15) is 4.79 Å². The lowest BCUT2D eigenvalue weighted by molar-refractivity contribution is 0.0789. The van der Waals surface area contributed by atoms with Gasteiger partial charge in [0.25, 0.3) is 5.91 Å². The van der Waals surface area contributed by atoms with Crippen molar-refractivity contribution in [2.75, 3.05) is 20.1 Å². The van der Waals surface area contributed by atoms with Gasteiger partial charge in [-0.15, -0.1) is 12.4 Å². The number of nitrogens with one attached hydrogen (secondary N) is 1. The Morgan fingerprint density at radius 1 is 1.53 bits per heavy atom. The van der Waals surface area contributed by atoms with E-state index in [1.807, 2.05) is 36.2 Å². The number of likely N-dealkylation sites (tertiary alicyclic amines) is 1. The molecule has 0 radical (unpaired) electrons. The van der Waals surface area contributed by atoms with Gasteiger partial charge in [-0.3, -0.25) is 4.79 Å². The van der Waals surface area contributed by atoms with Crippen molar-refractivity contribution in [1.29, 1.82) is 0 Å². The third-order valence-corrected chi connectivity index (χ3v) is 3.45. The molecule has 1 amide bonds. The number of rotatable bonds is 2. The average molecular weight is 320 g/mol. The highest BCUT2D eigenvalue weighted by Crippen LogP contribution is 2.16. The maximum absolute atomic E-state index is 12.1. The van der Waals surface area contributed by atoms with Crippen LogP contribution in [-0.4, -0.2) is 37.0 Å². The van der Waals surface area contributed by atoms with E-state index in [1.165, 1.54) is 0 Å². The van der Waals surface area contributed by atoms with Crippen LogP contribution >= 0.6 is 28.3 Å². The highest BCUT2D eigenvalue weighted by atomic mass is 79.9. The SMILES string of the molecule is CNC1CCN(C(=O)c2cccc(Br)c2)C1.Cl. The number of nitrogens with zero attached hydrogens (tertiary/aromatic N) is 1. The first-order valence-electron chi connectivity index (χ1n) is 5.43. The van der Waals surface area contributed by atoms with Crippen LogP contribution in [0.4, 0.5) is 0 Å². The van der Waals surface area contributed by atoms with Crippen LogP contribution in [-0.2, 0) is 0 Å². The lowest BCUT2D eigenvalue weighted by Gasteiger charge is -2.16. The molecule has 1 heterocycles. The number of carbonyl (C=O) groups is 1. The molecule has 0 bridgehead atoms. The molecule has 0 aromatic heterocycles. The van der Waals surface area contributed by atoms with Crippen LogP contribution in [0, 0.1) is 0 Å². The molecule has 5 heteroatoms. The predicted molar refractivity (Wildman–Crippen MR) is 74.8 cm³/mol. The van der Waals surface area contributed by atoms with Crippen LogP contribution in [0.25, 0.3) is 0 Å². The Kier molecular flexibility index (Phi) is 5.43. The summed E-state index contributed by atoms with van der Waals surface area (Å²) < 4.78 is 0.947. The summed E-state index contributed by atoms with van der Waals surface area (Å²) in [5.41, 5.74) is 0.756. The summed E-state index contributed by atoms with van der Waals surface area (Å²) in [7, 11) is 1.94. The number of hydrogen-bond donors (Lipinski definition) is 1. The van der Waals surface area contributed by atoms with Crippen LogP contribution in [0.15, 0.2) is 28.7 Å². The zero-order chi connectivity index (χ0) is 11.5. The summed E-state index contributed by atoms with van der Waals surface area (Å²) in [4.78, 5) is 14.0. The fraction of sp³-hybridized carbons (Fsp3) is 0.417. The van der Waals surface area contributed by atoms with Crippen molar-refractivity contribution >= 4 is 34.2 Å². The van der Waals surface area contributed by atoms with E-state index < -0.39 is 0 Å². The zero-order valence-corrected chi connectivity index (χ0v) is 12.1. The highest BCUT2D eigenvalue weighted by molar-refractivity contribution is 9.10. The van der Waals surface area contributed by atoms with Crippen molar-refractivity contribution in [2.45, 2.75) is 12.5 Å². The zero-order valence-electron chi connectivity index (χ0n) is 9.65. The van der Waals surface area contributed by atoms with Crippen molar-refractivity contribution in [3.05, 3.63) is 34.3 Å². The van der Waals surface area contributed by atoms with Crippen LogP contribution in [0.3, 0.4) is 0 Å². The molecule has 1 atom stereocenters. The van der Waals surface area contributed by atoms with Crippen LogP contribution in [0.2, 0.25) is 0 Å². The van der Waals surface area contributed by atoms with Crippen molar-refractivity contribution in [2.24, 2.45) is 0 Å².